The Morgan fingerprint density at radius 1 is 1.24 bits per heavy atom. The molecule has 2 aliphatic rings. The molecular weight excluding hydrogens is 326 g/mol. The van der Waals surface area contributed by atoms with Crippen molar-refractivity contribution in [3.8, 4) is 0 Å². The fraction of sp³-hybridized carbons (Fsp3) is 0.667. The summed E-state index contributed by atoms with van der Waals surface area (Å²) in [5.41, 5.74) is 1.90. The summed E-state index contributed by atoms with van der Waals surface area (Å²) in [7, 11) is 0. The van der Waals surface area contributed by atoms with Crippen LogP contribution in [0.4, 0.5) is 0 Å². The molecule has 1 N–H and O–H groups in total. The van der Waals surface area contributed by atoms with Crippen molar-refractivity contribution >= 4 is 15.9 Å². The van der Waals surface area contributed by atoms with Gasteiger partial charge in [0.15, 0.2) is 0 Å². The Morgan fingerprint density at radius 3 is 2.71 bits per heavy atom. The van der Waals surface area contributed by atoms with E-state index in [1.165, 1.54) is 24.8 Å². The quantitative estimate of drug-likeness (QED) is 0.855. The number of rotatable bonds is 2. The number of benzene rings is 1. The van der Waals surface area contributed by atoms with E-state index in [1.807, 2.05) is 0 Å². The van der Waals surface area contributed by atoms with Crippen molar-refractivity contribution < 1.29 is 4.74 Å². The minimum atomic E-state index is 0.423. The zero-order chi connectivity index (χ0) is 14.9. The zero-order valence-corrected chi connectivity index (χ0v) is 14.7. The van der Waals surface area contributed by atoms with E-state index in [1.54, 1.807) is 0 Å². The predicted octanol–water partition coefficient (Wildman–Crippen LogP) is 4.35. The van der Waals surface area contributed by atoms with Gasteiger partial charge in [0.1, 0.15) is 0 Å². The average Bonchev–Trinajstić information content (AvgIpc) is 2.49. The Hall–Kier alpha value is -0.380. The lowest BCUT2D eigenvalue weighted by Gasteiger charge is -2.50. The molecule has 1 aromatic carbocycles. The van der Waals surface area contributed by atoms with Crippen LogP contribution < -0.4 is 5.32 Å². The van der Waals surface area contributed by atoms with Crippen LogP contribution in [0.1, 0.15) is 44.6 Å². The third-order valence-corrected chi connectivity index (χ3v) is 5.97. The molecule has 2 heterocycles. The van der Waals surface area contributed by atoms with Gasteiger partial charge in [0, 0.05) is 23.5 Å². The van der Waals surface area contributed by atoms with Gasteiger partial charge in [-0.15, -0.1) is 0 Å². The van der Waals surface area contributed by atoms with Crippen LogP contribution in [0.5, 0.6) is 0 Å². The molecule has 0 aliphatic carbocycles. The van der Waals surface area contributed by atoms with Crippen LogP contribution in [0.3, 0.4) is 0 Å². The van der Waals surface area contributed by atoms with Gasteiger partial charge in [-0.2, -0.15) is 0 Å². The number of ether oxygens (including phenoxy) is 1. The van der Waals surface area contributed by atoms with Crippen LogP contribution in [0.25, 0.3) is 0 Å². The molecule has 116 valence electrons. The monoisotopic (exact) mass is 351 g/mol. The first-order chi connectivity index (χ1) is 10.1. The summed E-state index contributed by atoms with van der Waals surface area (Å²) < 4.78 is 7.21. The lowest BCUT2D eigenvalue weighted by molar-refractivity contribution is -0.0862. The topological polar surface area (TPSA) is 21.3 Å². The number of piperidine rings is 1. The van der Waals surface area contributed by atoms with Gasteiger partial charge in [0.05, 0.1) is 6.10 Å². The van der Waals surface area contributed by atoms with E-state index in [4.69, 9.17) is 4.74 Å². The van der Waals surface area contributed by atoms with E-state index in [-0.39, 0.29) is 0 Å². The molecule has 2 nitrogen and oxygen atoms in total. The maximum absolute atomic E-state index is 6.04. The van der Waals surface area contributed by atoms with Crippen molar-refractivity contribution in [1.29, 1.82) is 0 Å². The van der Waals surface area contributed by atoms with E-state index in [0.29, 0.717) is 23.4 Å². The Morgan fingerprint density at radius 2 is 2.00 bits per heavy atom. The third kappa shape index (κ3) is 3.20. The molecule has 1 spiro atoms. The SMILES string of the molecule is CC(C)C1CC2(CCNCC2c2ccc(Br)cc2)CCO1. The summed E-state index contributed by atoms with van der Waals surface area (Å²) >= 11 is 3.55. The third-order valence-electron chi connectivity index (χ3n) is 5.44. The fourth-order valence-corrected chi connectivity index (χ4v) is 4.35. The second kappa shape index (κ2) is 6.39. The van der Waals surface area contributed by atoms with Crippen molar-refractivity contribution in [2.45, 2.75) is 45.1 Å². The van der Waals surface area contributed by atoms with Gasteiger partial charge in [0.25, 0.3) is 0 Å². The molecule has 0 aromatic heterocycles. The van der Waals surface area contributed by atoms with Crippen LogP contribution in [-0.2, 0) is 4.74 Å². The van der Waals surface area contributed by atoms with E-state index in [0.717, 1.165) is 24.2 Å². The maximum atomic E-state index is 6.04. The molecule has 21 heavy (non-hydrogen) atoms. The van der Waals surface area contributed by atoms with Crippen molar-refractivity contribution in [2.24, 2.45) is 11.3 Å². The van der Waals surface area contributed by atoms with Crippen molar-refractivity contribution in [3.05, 3.63) is 34.3 Å². The summed E-state index contributed by atoms with van der Waals surface area (Å²) in [6.07, 6.45) is 4.13. The van der Waals surface area contributed by atoms with Gasteiger partial charge in [-0.25, -0.2) is 0 Å². The molecule has 2 fully saturated rings. The molecule has 2 saturated heterocycles. The highest BCUT2D eigenvalue weighted by atomic mass is 79.9. The second-order valence-corrected chi connectivity index (χ2v) is 7.94. The number of hydrogen-bond donors (Lipinski definition) is 1. The first kappa shape index (κ1) is 15.5. The highest BCUT2D eigenvalue weighted by Gasteiger charge is 2.45. The second-order valence-electron chi connectivity index (χ2n) is 7.03. The first-order valence-electron chi connectivity index (χ1n) is 8.18. The standard InChI is InChI=1S/C18H26BrNO/c1-13(2)17-11-18(8-10-21-17)7-9-20-12-16(18)14-3-5-15(19)6-4-14/h3-6,13,16-17,20H,7-12H2,1-2H3. The zero-order valence-electron chi connectivity index (χ0n) is 13.1. The van der Waals surface area contributed by atoms with Gasteiger partial charge >= 0.3 is 0 Å². The number of hydrogen-bond acceptors (Lipinski definition) is 2. The maximum Gasteiger partial charge on any atom is 0.0603 e. The molecule has 3 atom stereocenters. The molecule has 3 unspecified atom stereocenters. The van der Waals surface area contributed by atoms with Gasteiger partial charge in [-0.1, -0.05) is 41.9 Å². The smallest absolute Gasteiger partial charge is 0.0603 e. The molecule has 3 heteroatoms. The van der Waals surface area contributed by atoms with E-state index in [9.17, 15) is 0 Å². The van der Waals surface area contributed by atoms with Crippen LogP contribution in [-0.4, -0.2) is 25.8 Å². The van der Waals surface area contributed by atoms with Crippen LogP contribution >= 0.6 is 15.9 Å². The van der Waals surface area contributed by atoms with Gasteiger partial charge in [0.2, 0.25) is 0 Å². The molecule has 3 rings (SSSR count). The van der Waals surface area contributed by atoms with Crippen LogP contribution in [0, 0.1) is 11.3 Å². The Labute approximate surface area is 136 Å². The summed E-state index contributed by atoms with van der Waals surface area (Å²) in [6, 6.07) is 8.94. The molecule has 2 aliphatic heterocycles. The molecule has 0 radical (unpaired) electrons. The van der Waals surface area contributed by atoms with Gasteiger partial charge in [-0.05, 0) is 54.8 Å². The highest BCUT2D eigenvalue weighted by molar-refractivity contribution is 9.10. The molecule has 1 aromatic rings. The molecule has 0 amide bonds. The van der Waals surface area contributed by atoms with Crippen molar-refractivity contribution in [3.63, 3.8) is 0 Å². The highest BCUT2D eigenvalue weighted by Crippen LogP contribution is 2.50. The molecule has 0 bridgehead atoms. The minimum Gasteiger partial charge on any atom is -0.378 e. The lowest BCUT2D eigenvalue weighted by Crippen LogP contribution is -2.49. The summed E-state index contributed by atoms with van der Waals surface area (Å²) in [5, 5.41) is 3.61. The van der Waals surface area contributed by atoms with E-state index in [2.05, 4.69) is 59.4 Å². The van der Waals surface area contributed by atoms with Crippen molar-refractivity contribution in [2.75, 3.05) is 19.7 Å². The van der Waals surface area contributed by atoms with E-state index < -0.39 is 0 Å². The van der Waals surface area contributed by atoms with Gasteiger partial charge < -0.3 is 10.1 Å². The fourth-order valence-electron chi connectivity index (χ4n) is 4.09. The van der Waals surface area contributed by atoms with E-state index >= 15 is 0 Å². The van der Waals surface area contributed by atoms with Crippen LogP contribution in [0.15, 0.2) is 28.7 Å². The summed E-state index contributed by atoms with van der Waals surface area (Å²) in [6.45, 7) is 7.76. The average molecular weight is 352 g/mol. The van der Waals surface area contributed by atoms with Crippen molar-refractivity contribution in [1.82, 2.24) is 5.32 Å². The first-order valence-corrected chi connectivity index (χ1v) is 8.98. The summed E-state index contributed by atoms with van der Waals surface area (Å²) in [5.74, 6) is 1.23. The largest absolute Gasteiger partial charge is 0.378 e. The number of halogens is 1. The number of nitrogens with one attached hydrogen (secondary N) is 1. The summed E-state index contributed by atoms with van der Waals surface area (Å²) in [4.78, 5) is 0. The lowest BCUT2D eigenvalue weighted by atomic mass is 9.61. The Kier molecular flexibility index (Phi) is 4.72. The Bertz CT molecular complexity index is 469. The minimum absolute atomic E-state index is 0.423. The molecule has 0 saturated carbocycles. The Balaban J connectivity index is 1.88. The normalized spacial score (nSPS) is 33.5. The predicted molar refractivity (Wildman–Crippen MR) is 90.6 cm³/mol. The molecular formula is C18H26BrNO. The van der Waals surface area contributed by atoms with Gasteiger partial charge in [-0.3, -0.25) is 0 Å². The van der Waals surface area contributed by atoms with Crippen LogP contribution in [0.2, 0.25) is 0 Å².